The van der Waals surface area contributed by atoms with Crippen molar-refractivity contribution in [3.63, 3.8) is 0 Å². The van der Waals surface area contributed by atoms with Crippen molar-refractivity contribution in [1.29, 1.82) is 5.26 Å². The van der Waals surface area contributed by atoms with Gasteiger partial charge < -0.3 is 10.6 Å². The number of halogens is 1. The second-order valence-electron chi connectivity index (χ2n) is 8.06. The first-order valence-corrected chi connectivity index (χ1v) is 12.8. The van der Waals surface area contributed by atoms with Gasteiger partial charge in [0.1, 0.15) is 11.6 Å². The Hall–Kier alpha value is -3.81. The van der Waals surface area contributed by atoms with E-state index in [-0.39, 0.29) is 17.9 Å². The van der Waals surface area contributed by atoms with Crippen molar-refractivity contribution in [3.8, 4) is 17.3 Å². The van der Waals surface area contributed by atoms with Crippen molar-refractivity contribution in [2.75, 3.05) is 24.7 Å². The van der Waals surface area contributed by atoms with E-state index in [0.717, 1.165) is 11.8 Å². The van der Waals surface area contributed by atoms with Crippen molar-refractivity contribution in [2.24, 2.45) is 0 Å². The summed E-state index contributed by atoms with van der Waals surface area (Å²) < 4.78 is 38.7. The molecule has 1 amide bonds. The number of carbonyl (C=O) groups excluding carboxylic acids is 1. The molecule has 3 aromatic rings. The van der Waals surface area contributed by atoms with Crippen LogP contribution in [0.3, 0.4) is 0 Å². The predicted molar refractivity (Wildman–Crippen MR) is 133 cm³/mol. The molecule has 1 atom stereocenters. The van der Waals surface area contributed by atoms with Crippen molar-refractivity contribution in [1.82, 2.24) is 15.0 Å². The molecule has 0 aliphatic carbocycles. The Morgan fingerprint density at radius 2 is 1.91 bits per heavy atom. The number of aromatic nitrogens is 1. The Morgan fingerprint density at radius 3 is 2.63 bits per heavy atom. The number of hydrogen-bond acceptors (Lipinski definition) is 6. The molecule has 0 aliphatic heterocycles. The zero-order valence-corrected chi connectivity index (χ0v) is 20.2. The van der Waals surface area contributed by atoms with Crippen LogP contribution in [-0.2, 0) is 16.4 Å². The highest BCUT2D eigenvalue weighted by molar-refractivity contribution is 7.88. The molecular formula is C25H26FN5O3S. The normalized spacial score (nSPS) is 11.9. The summed E-state index contributed by atoms with van der Waals surface area (Å²) in [6.45, 7) is 2.10. The second kappa shape index (κ2) is 11.6. The standard InChI is InChI=1S/C25H26FN5O3S/c1-17(31-35(2,33)34)16-29-25(32)22-10-11-23(21-9-4-3-7-19(21)15-27)30-24(22)28-13-12-18-6-5-8-20(26)14-18/h3-11,14,17,31H,12-13,16H2,1-2H3,(H,28,30)(H,29,32)/t17-/m0/s1. The first kappa shape index (κ1) is 25.8. The summed E-state index contributed by atoms with van der Waals surface area (Å²) in [5.41, 5.74) is 2.63. The molecule has 1 heterocycles. The number of nitrogens with zero attached hydrogens (tertiary/aromatic N) is 2. The Bertz CT molecular complexity index is 1360. The van der Waals surface area contributed by atoms with E-state index in [0.29, 0.717) is 35.6 Å². The lowest BCUT2D eigenvalue weighted by Crippen LogP contribution is -2.41. The van der Waals surface area contributed by atoms with Gasteiger partial charge in [-0.05, 0) is 49.2 Å². The Kier molecular flexibility index (Phi) is 8.52. The highest BCUT2D eigenvalue weighted by Crippen LogP contribution is 2.25. The molecule has 0 radical (unpaired) electrons. The van der Waals surface area contributed by atoms with Gasteiger partial charge in [0.05, 0.1) is 29.1 Å². The fourth-order valence-electron chi connectivity index (χ4n) is 3.50. The molecule has 0 spiro atoms. The molecule has 1 aromatic heterocycles. The molecule has 0 bridgehead atoms. The van der Waals surface area contributed by atoms with Gasteiger partial charge in [0.15, 0.2) is 0 Å². The minimum Gasteiger partial charge on any atom is -0.369 e. The van der Waals surface area contributed by atoms with Gasteiger partial charge in [-0.2, -0.15) is 5.26 Å². The molecule has 0 saturated heterocycles. The predicted octanol–water partition coefficient (Wildman–Crippen LogP) is 3.08. The quantitative estimate of drug-likeness (QED) is 0.397. The van der Waals surface area contributed by atoms with Gasteiger partial charge in [-0.1, -0.05) is 30.3 Å². The van der Waals surface area contributed by atoms with E-state index in [4.69, 9.17) is 0 Å². The van der Waals surface area contributed by atoms with E-state index in [2.05, 4.69) is 26.4 Å². The van der Waals surface area contributed by atoms with Crippen LogP contribution in [0.4, 0.5) is 10.2 Å². The smallest absolute Gasteiger partial charge is 0.255 e. The van der Waals surface area contributed by atoms with E-state index < -0.39 is 22.0 Å². The Labute approximate surface area is 204 Å². The molecule has 8 nitrogen and oxygen atoms in total. The topological polar surface area (TPSA) is 124 Å². The van der Waals surface area contributed by atoms with Gasteiger partial charge in [-0.3, -0.25) is 4.79 Å². The van der Waals surface area contributed by atoms with E-state index in [9.17, 15) is 22.9 Å². The molecule has 3 N–H and O–H groups in total. The number of sulfonamides is 1. The van der Waals surface area contributed by atoms with Crippen molar-refractivity contribution >= 4 is 21.7 Å². The summed E-state index contributed by atoms with van der Waals surface area (Å²) in [6.07, 6.45) is 1.54. The minimum atomic E-state index is -3.41. The highest BCUT2D eigenvalue weighted by atomic mass is 32.2. The van der Waals surface area contributed by atoms with Crippen LogP contribution in [0.2, 0.25) is 0 Å². The van der Waals surface area contributed by atoms with Crippen LogP contribution in [-0.4, -0.2) is 44.7 Å². The molecule has 10 heteroatoms. The molecule has 35 heavy (non-hydrogen) atoms. The van der Waals surface area contributed by atoms with Gasteiger partial charge >= 0.3 is 0 Å². The van der Waals surface area contributed by atoms with Crippen LogP contribution < -0.4 is 15.4 Å². The van der Waals surface area contributed by atoms with Crippen molar-refractivity contribution in [2.45, 2.75) is 19.4 Å². The SMILES string of the molecule is C[C@@H](CNC(=O)c1ccc(-c2ccccc2C#N)nc1NCCc1cccc(F)c1)NS(C)(=O)=O. The van der Waals surface area contributed by atoms with Gasteiger partial charge in [-0.15, -0.1) is 0 Å². The number of pyridine rings is 1. The fourth-order valence-corrected chi connectivity index (χ4v) is 4.31. The summed E-state index contributed by atoms with van der Waals surface area (Å²) in [6, 6.07) is 18.2. The minimum absolute atomic E-state index is 0.0770. The Morgan fingerprint density at radius 1 is 1.14 bits per heavy atom. The van der Waals surface area contributed by atoms with Crippen LogP contribution in [0.15, 0.2) is 60.7 Å². The van der Waals surface area contributed by atoms with Gasteiger partial charge in [0.2, 0.25) is 10.0 Å². The number of carbonyl (C=O) groups is 1. The monoisotopic (exact) mass is 495 g/mol. The Balaban J connectivity index is 1.84. The number of nitriles is 1. The molecule has 0 aliphatic rings. The zero-order chi connectivity index (χ0) is 25.4. The van der Waals surface area contributed by atoms with Gasteiger partial charge in [0, 0.05) is 24.7 Å². The van der Waals surface area contributed by atoms with Gasteiger partial charge in [0.25, 0.3) is 5.91 Å². The molecule has 0 fully saturated rings. The van der Waals surface area contributed by atoms with Crippen LogP contribution in [0.1, 0.15) is 28.4 Å². The number of rotatable bonds is 10. The second-order valence-corrected chi connectivity index (χ2v) is 9.84. The zero-order valence-electron chi connectivity index (χ0n) is 19.4. The highest BCUT2D eigenvalue weighted by Gasteiger charge is 2.17. The lowest BCUT2D eigenvalue weighted by atomic mass is 10.0. The number of hydrogen-bond donors (Lipinski definition) is 3. The summed E-state index contributed by atoms with van der Waals surface area (Å²) in [5.74, 6) is -0.464. The van der Waals surface area contributed by atoms with Crippen LogP contribution in [0, 0.1) is 17.1 Å². The number of nitrogens with one attached hydrogen (secondary N) is 3. The van der Waals surface area contributed by atoms with Crippen LogP contribution in [0.25, 0.3) is 11.3 Å². The molecule has 3 rings (SSSR count). The summed E-state index contributed by atoms with van der Waals surface area (Å²) in [5, 5.41) is 15.3. The third kappa shape index (κ3) is 7.60. The lowest BCUT2D eigenvalue weighted by Gasteiger charge is -2.16. The number of benzene rings is 2. The molecular weight excluding hydrogens is 469 g/mol. The lowest BCUT2D eigenvalue weighted by molar-refractivity contribution is 0.0951. The summed E-state index contributed by atoms with van der Waals surface area (Å²) in [4.78, 5) is 17.5. The summed E-state index contributed by atoms with van der Waals surface area (Å²) >= 11 is 0. The number of anilines is 1. The first-order valence-electron chi connectivity index (χ1n) is 10.9. The van der Waals surface area contributed by atoms with Crippen molar-refractivity contribution < 1.29 is 17.6 Å². The summed E-state index contributed by atoms with van der Waals surface area (Å²) in [7, 11) is -3.41. The maximum Gasteiger partial charge on any atom is 0.255 e. The maximum atomic E-state index is 13.5. The van der Waals surface area contributed by atoms with Crippen molar-refractivity contribution in [3.05, 3.63) is 83.2 Å². The third-order valence-electron chi connectivity index (χ3n) is 5.04. The van der Waals surface area contributed by atoms with Gasteiger partial charge in [-0.25, -0.2) is 22.5 Å². The van der Waals surface area contributed by atoms with E-state index in [1.807, 2.05) is 6.07 Å². The van der Waals surface area contributed by atoms with Crippen LogP contribution in [0.5, 0.6) is 0 Å². The molecule has 0 saturated carbocycles. The molecule has 0 unspecified atom stereocenters. The molecule has 182 valence electrons. The average Bonchev–Trinajstić information content (AvgIpc) is 2.81. The molecule has 2 aromatic carbocycles. The first-order chi connectivity index (χ1) is 16.7. The average molecular weight is 496 g/mol. The van der Waals surface area contributed by atoms with E-state index in [1.54, 1.807) is 49.4 Å². The van der Waals surface area contributed by atoms with E-state index in [1.165, 1.54) is 12.1 Å². The van der Waals surface area contributed by atoms with E-state index >= 15 is 0 Å². The number of amides is 1. The maximum absolute atomic E-state index is 13.5. The fraction of sp³-hybridized carbons (Fsp3) is 0.240. The van der Waals surface area contributed by atoms with Crippen LogP contribution >= 0.6 is 0 Å². The largest absolute Gasteiger partial charge is 0.369 e. The third-order valence-corrected chi connectivity index (χ3v) is 5.87.